The van der Waals surface area contributed by atoms with Gasteiger partial charge in [0.1, 0.15) is 10.6 Å². The zero-order valence-corrected chi connectivity index (χ0v) is 11.9. The summed E-state index contributed by atoms with van der Waals surface area (Å²) in [5, 5.41) is 12.7. The summed E-state index contributed by atoms with van der Waals surface area (Å²) in [5.74, 6) is -0.411. The van der Waals surface area contributed by atoms with E-state index in [1.165, 1.54) is 30.7 Å². The smallest absolute Gasteiger partial charge is 0.277 e. The number of primary sulfonamides is 1. The largest absolute Gasteiger partial charge is 0.495 e. The summed E-state index contributed by atoms with van der Waals surface area (Å²) in [7, 11) is -2.59. The van der Waals surface area contributed by atoms with Crippen LogP contribution in [0.15, 0.2) is 28.5 Å². The fraction of sp³-hybridized carbons (Fsp3) is 0.100. The van der Waals surface area contributed by atoms with Crippen molar-refractivity contribution in [3.8, 4) is 5.75 Å². The van der Waals surface area contributed by atoms with Crippen LogP contribution in [0.5, 0.6) is 5.75 Å². The lowest BCUT2D eigenvalue weighted by Crippen LogP contribution is -2.15. The number of aromatic nitrogens is 2. The van der Waals surface area contributed by atoms with Crippen molar-refractivity contribution in [1.82, 2.24) is 9.59 Å². The molecule has 1 aromatic carbocycles. The van der Waals surface area contributed by atoms with Crippen molar-refractivity contribution in [2.75, 3.05) is 12.4 Å². The summed E-state index contributed by atoms with van der Waals surface area (Å²) in [4.78, 5) is 11.6. The fourth-order valence-corrected chi connectivity index (χ4v) is 2.56. The number of amides is 1. The number of rotatable bonds is 4. The summed E-state index contributed by atoms with van der Waals surface area (Å²) in [6.07, 6.45) is 0. The number of hydrogen-bond donors (Lipinski definition) is 2. The molecule has 0 fully saturated rings. The number of nitrogens with one attached hydrogen (secondary N) is 1. The molecule has 106 valence electrons. The van der Waals surface area contributed by atoms with Crippen LogP contribution in [0.2, 0.25) is 0 Å². The van der Waals surface area contributed by atoms with Crippen molar-refractivity contribution in [3.63, 3.8) is 0 Å². The normalized spacial score (nSPS) is 11.1. The van der Waals surface area contributed by atoms with Gasteiger partial charge in [0.25, 0.3) is 5.91 Å². The number of benzene rings is 1. The van der Waals surface area contributed by atoms with Crippen molar-refractivity contribution in [1.29, 1.82) is 0 Å². The summed E-state index contributed by atoms with van der Waals surface area (Å²) >= 11 is 1.05. The molecule has 0 aliphatic rings. The first kappa shape index (κ1) is 14.4. The third-order valence-corrected chi connectivity index (χ3v) is 3.78. The molecule has 0 atom stereocenters. The highest BCUT2D eigenvalue weighted by Crippen LogP contribution is 2.26. The molecule has 20 heavy (non-hydrogen) atoms. The van der Waals surface area contributed by atoms with E-state index in [9.17, 15) is 13.2 Å². The quantitative estimate of drug-likeness (QED) is 0.844. The first-order chi connectivity index (χ1) is 9.41. The molecule has 0 saturated heterocycles. The van der Waals surface area contributed by atoms with E-state index in [2.05, 4.69) is 14.9 Å². The van der Waals surface area contributed by atoms with E-state index in [1.807, 2.05) is 0 Å². The maximum Gasteiger partial charge on any atom is 0.277 e. The van der Waals surface area contributed by atoms with E-state index >= 15 is 0 Å². The van der Waals surface area contributed by atoms with Gasteiger partial charge in [0.2, 0.25) is 10.0 Å². The van der Waals surface area contributed by atoms with Gasteiger partial charge in [-0.15, -0.1) is 5.10 Å². The Morgan fingerprint density at radius 2 is 2.20 bits per heavy atom. The monoisotopic (exact) mass is 314 g/mol. The van der Waals surface area contributed by atoms with E-state index in [0.717, 1.165) is 11.5 Å². The van der Waals surface area contributed by atoms with Crippen LogP contribution in [-0.4, -0.2) is 31.0 Å². The number of carbonyl (C=O) groups is 1. The zero-order chi connectivity index (χ0) is 14.8. The second-order valence-corrected chi connectivity index (χ2v) is 5.79. The number of nitrogens with two attached hydrogens (primary N) is 1. The van der Waals surface area contributed by atoms with Gasteiger partial charge in [0.05, 0.1) is 7.11 Å². The third-order valence-electron chi connectivity index (χ3n) is 2.32. The van der Waals surface area contributed by atoms with Crippen LogP contribution >= 0.6 is 11.5 Å². The van der Waals surface area contributed by atoms with Crippen molar-refractivity contribution in [2.45, 2.75) is 4.90 Å². The van der Waals surface area contributed by atoms with Crippen LogP contribution in [0.25, 0.3) is 0 Å². The molecule has 2 rings (SSSR count). The predicted molar refractivity (Wildman–Crippen MR) is 72.2 cm³/mol. The topological polar surface area (TPSA) is 124 Å². The van der Waals surface area contributed by atoms with E-state index < -0.39 is 15.9 Å². The molecule has 0 saturated carbocycles. The van der Waals surface area contributed by atoms with Crippen LogP contribution in [0.1, 0.15) is 10.5 Å². The Morgan fingerprint density at radius 1 is 1.45 bits per heavy atom. The summed E-state index contributed by atoms with van der Waals surface area (Å²) in [5.41, 5.74) is 0.525. The fourth-order valence-electron chi connectivity index (χ4n) is 1.44. The molecule has 0 aliphatic carbocycles. The van der Waals surface area contributed by atoms with Gasteiger partial charge in [0, 0.05) is 17.1 Å². The van der Waals surface area contributed by atoms with Crippen LogP contribution in [0.3, 0.4) is 0 Å². The lowest BCUT2D eigenvalue weighted by molar-refractivity contribution is 0.102. The van der Waals surface area contributed by atoms with Gasteiger partial charge < -0.3 is 10.1 Å². The minimum atomic E-state index is -3.89. The molecule has 2 aromatic rings. The molecule has 0 spiro atoms. The average Bonchev–Trinajstić information content (AvgIpc) is 2.91. The second-order valence-electron chi connectivity index (χ2n) is 3.65. The number of hydrogen-bond acceptors (Lipinski definition) is 7. The van der Waals surface area contributed by atoms with Gasteiger partial charge in [-0.3, -0.25) is 4.79 Å². The highest BCUT2D eigenvalue weighted by atomic mass is 32.2. The summed E-state index contributed by atoms with van der Waals surface area (Å²) < 4.78 is 31.2. The van der Waals surface area contributed by atoms with Gasteiger partial charge in [-0.1, -0.05) is 4.49 Å². The Hall–Kier alpha value is -2.04. The number of ether oxygens (including phenoxy) is 1. The molecular weight excluding hydrogens is 304 g/mol. The Labute approximate surface area is 118 Å². The number of sulfonamides is 1. The third kappa shape index (κ3) is 3.10. The Balaban J connectivity index is 2.29. The van der Waals surface area contributed by atoms with Crippen LogP contribution < -0.4 is 15.2 Å². The lowest BCUT2D eigenvalue weighted by atomic mass is 10.3. The molecule has 10 heteroatoms. The number of methoxy groups -OCH3 is 1. The van der Waals surface area contributed by atoms with Crippen molar-refractivity contribution >= 4 is 33.2 Å². The van der Waals surface area contributed by atoms with Gasteiger partial charge in [-0.25, -0.2) is 13.6 Å². The number of carbonyl (C=O) groups excluding carboxylic acids is 1. The van der Waals surface area contributed by atoms with E-state index in [-0.39, 0.29) is 16.3 Å². The molecule has 1 heterocycles. The van der Waals surface area contributed by atoms with Crippen molar-refractivity contribution < 1.29 is 17.9 Å². The van der Waals surface area contributed by atoms with Crippen LogP contribution in [0, 0.1) is 0 Å². The molecule has 0 radical (unpaired) electrons. The van der Waals surface area contributed by atoms with Gasteiger partial charge in [-0.2, -0.15) is 0 Å². The van der Waals surface area contributed by atoms with Gasteiger partial charge in [0.15, 0.2) is 5.69 Å². The van der Waals surface area contributed by atoms with Crippen molar-refractivity contribution in [2.24, 2.45) is 5.14 Å². The molecule has 0 bridgehead atoms. The van der Waals surface area contributed by atoms with Gasteiger partial charge in [-0.05, 0) is 23.7 Å². The Morgan fingerprint density at radius 3 is 2.75 bits per heavy atom. The first-order valence-corrected chi connectivity index (χ1v) is 7.59. The first-order valence-electron chi connectivity index (χ1n) is 5.21. The molecular formula is C10H10N4O4S2. The lowest BCUT2D eigenvalue weighted by Gasteiger charge is -2.09. The molecule has 8 nitrogen and oxygen atoms in total. The Kier molecular flexibility index (Phi) is 3.97. The molecule has 1 aromatic heterocycles. The highest BCUT2D eigenvalue weighted by molar-refractivity contribution is 7.89. The Bertz CT molecular complexity index is 728. The molecule has 3 N–H and O–H groups in total. The molecule has 0 unspecified atom stereocenters. The van der Waals surface area contributed by atoms with E-state index in [0.29, 0.717) is 5.69 Å². The zero-order valence-electron chi connectivity index (χ0n) is 10.2. The minimum absolute atomic E-state index is 0.0432. The number of nitrogens with zero attached hydrogens (tertiary/aromatic N) is 2. The maximum absolute atomic E-state index is 11.8. The van der Waals surface area contributed by atoms with Gasteiger partial charge >= 0.3 is 0 Å². The molecule has 0 aliphatic heterocycles. The standard InChI is InChI=1S/C10H10N4O4S2/c1-18-8-4-6(2-3-9(8)20(11,16)17)12-10(15)7-5-19-14-13-7/h2-5H,1H3,(H,12,15)(H2,11,16,17). The molecule has 1 amide bonds. The summed E-state index contributed by atoms with van der Waals surface area (Å²) in [6.45, 7) is 0. The van der Waals surface area contributed by atoms with E-state index in [1.54, 1.807) is 0 Å². The highest BCUT2D eigenvalue weighted by Gasteiger charge is 2.16. The predicted octanol–water partition coefficient (Wildman–Crippen LogP) is 0.446. The van der Waals surface area contributed by atoms with Crippen LogP contribution in [-0.2, 0) is 10.0 Å². The van der Waals surface area contributed by atoms with Crippen LogP contribution in [0.4, 0.5) is 5.69 Å². The number of anilines is 1. The summed E-state index contributed by atoms with van der Waals surface area (Å²) in [6, 6.07) is 4.01. The SMILES string of the molecule is COc1cc(NC(=O)c2csnn2)ccc1S(N)(=O)=O. The maximum atomic E-state index is 11.8. The second kappa shape index (κ2) is 5.53. The average molecular weight is 314 g/mol. The van der Waals surface area contributed by atoms with Crippen molar-refractivity contribution in [3.05, 3.63) is 29.3 Å². The van der Waals surface area contributed by atoms with E-state index in [4.69, 9.17) is 9.88 Å². The minimum Gasteiger partial charge on any atom is -0.495 e.